The van der Waals surface area contributed by atoms with E-state index in [4.69, 9.17) is 5.73 Å². The van der Waals surface area contributed by atoms with Crippen LogP contribution in [0, 0.1) is 0 Å². The minimum absolute atomic E-state index is 0.0988. The Kier molecular flexibility index (Phi) is 5.91. The highest BCUT2D eigenvalue weighted by molar-refractivity contribution is 6.04. The Labute approximate surface area is 140 Å². The summed E-state index contributed by atoms with van der Waals surface area (Å²) in [5.74, 6) is -0.411. The number of amides is 2. The molecule has 0 radical (unpaired) electrons. The van der Waals surface area contributed by atoms with Crippen LogP contribution in [0.5, 0.6) is 0 Å². The van der Waals surface area contributed by atoms with Crippen molar-refractivity contribution in [2.24, 2.45) is 0 Å². The first kappa shape index (κ1) is 17.5. The van der Waals surface area contributed by atoms with Crippen molar-refractivity contribution in [1.82, 2.24) is 20.0 Å². The van der Waals surface area contributed by atoms with Crippen molar-refractivity contribution in [2.45, 2.75) is 6.54 Å². The Bertz CT molecular complexity index is 710. The Balaban J connectivity index is 1.86. The molecule has 2 amide bonds. The van der Waals surface area contributed by atoms with E-state index in [1.807, 2.05) is 19.0 Å². The van der Waals surface area contributed by atoms with Crippen molar-refractivity contribution >= 4 is 23.2 Å². The van der Waals surface area contributed by atoms with E-state index < -0.39 is 0 Å². The number of aromatic nitrogens is 2. The van der Waals surface area contributed by atoms with Gasteiger partial charge in [-0.05, 0) is 32.3 Å². The van der Waals surface area contributed by atoms with Crippen molar-refractivity contribution in [3.05, 3.63) is 42.2 Å². The van der Waals surface area contributed by atoms with Crippen LogP contribution >= 0.6 is 0 Å². The summed E-state index contributed by atoms with van der Waals surface area (Å²) in [7, 11) is 3.88. The number of nitrogens with one attached hydrogen (secondary N) is 2. The van der Waals surface area contributed by atoms with Crippen LogP contribution in [0.1, 0.15) is 10.4 Å². The Hall–Kier alpha value is -2.87. The van der Waals surface area contributed by atoms with Gasteiger partial charge in [-0.15, -0.1) is 0 Å². The molecule has 1 aromatic heterocycles. The lowest BCUT2D eigenvalue weighted by molar-refractivity contribution is -0.121. The molecule has 1 heterocycles. The molecular weight excluding hydrogens is 308 g/mol. The highest BCUT2D eigenvalue weighted by atomic mass is 16.2. The third kappa shape index (κ3) is 5.40. The van der Waals surface area contributed by atoms with Crippen molar-refractivity contribution in [2.75, 3.05) is 38.2 Å². The molecule has 0 unspecified atom stereocenters. The number of nitrogens with two attached hydrogens (primary N) is 1. The van der Waals surface area contributed by atoms with Gasteiger partial charge in [0.05, 0.1) is 11.9 Å². The number of nitrogen functional groups attached to an aromatic ring is 1. The van der Waals surface area contributed by atoms with E-state index >= 15 is 0 Å². The highest BCUT2D eigenvalue weighted by Gasteiger charge is 2.09. The van der Waals surface area contributed by atoms with E-state index in [0.29, 0.717) is 23.5 Å². The fraction of sp³-hybridized carbons (Fsp3) is 0.312. The van der Waals surface area contributed by atoms with Crippen molar-refractivity contribution in [3.63, 3.8) is 0 Å². The third-order valence-electron chi connectivity index (χ3n) is 3.23. The molecule has 0 bridgehead atoms. The fourth-order valence-electron chi connectivity index (χ4n) is 2.02. The second kappa shape index (κ2) is 8.11. The van der Waals surface area contributed by atoms with E-state index in [9.17, 15) is 9.59 Å². The molecule has 8 nitrogen and oxygen atoms in total. The molecule has 0 spiro atoms. The van der Waals surface area contributed by atoms with Gasteiger partial charge in [0.1, 0.15) is 6.54 Å². The molecule has 0 fully saturated rings. The molecule has 0 atom stereocenters. The van der Waals surface area contributed by atoms with E-state index in [1.54, 1.807) is 30.5 Å². The molecule has 0 aliphatic heterocycles. The maximum Gasteiger partial charge on any atom is 0.255 e. The molecule has 4 N–H and O–H groups in total. The summed E-state index contributed by atoms with van der Waals surface area (Å²) < 4.78 is 1.47. The number of carbonyl (C=O) groups excluding carboxylic acids is 2. The van der Waals surface area contributed by atoms with Gasteiger partial charge in [-0.2, -0.15) is 5.10 Å². The minimum atomic E-state index is -0.280. The lowest BCUT2D eigenvalue weighted by Crippen LogP contribution is -2.33. The van der Waals surface area contributed by atoms with E-state index in [2.05, 4.69) is 15.7 Å². The average Bonchev–Trinajstić information content (AvgIpc) is 2.93. The van der Waals surface area contributed by atoms with Crippen LogP contribution in [0.2, 0.25) is 0 Å². The maximum atomic E-state index is 12.1. The lowest BCUT2D eigenvalue weighted by atomic mass is 10.2. The van der Waals surface area contributed by atoms with E-state index in [0.717, 1.165) is 6.54 Å². The lowest BCUT2D eigenvalue weighted by Gasteiger charge is -2.10. The zero-order chi connectivity index (χ0) is 17.5. The predicted molar refractivity (Wildman–Crippen MR) is 92.6 cm³/mol. The molecular formula is C16H22N6O2. The summed E-state index contributed by atoms with van der Waals surface area (Å²) in [6.45, 7) is 1.44. The van der Waals surface area contributed by atoms with Crippen LogP contribution in [0.15, 0.2) is 36.7 Å². The fourth-order valence-corrected chi connectivity index (χ4v) is 2.02. The van der Waals surface area contributed by atoms with Crippen molar-refractivity contribution < 1.29 is 9.59 Å². The highest BCUT2D eigenvalue weighted by Crippen LogP contribution is 2.11. The van der Waals surface area contributed by atoms with Crippen molar-refractivity contribution in [1.29, 1.82) is 0 Å². The largest absolute Gasteiger partial charge is 0.399 e. The monoisotopic (exact) mass is 330 g/mol. The second-order valence-electron chi connectivity index (χ2n) is 5.66. The standard InChI is InChI=1S/C16H22N6O2/c1-21(2)7-6-18-15(23)11-22-10-14(9-19-22)20-16(24)12-4-3-5-13(17)8-12/h3-5,8-10H,6-7,11,17H2,1-2H3,(H,18,23)(H,20,24). The average molecular weight is 330 g/mol. The smallest absolute Gasteiger partial charge is 0.255 e. The Morgan fingerprint density at radius 3 is 2.83 bits per heavy atom. The summed E-state index contributed by atoms with van der Waals surface area (Å²) >= 11 is 0. The minimum Gasteiger partial charge on any atom is -0.399 e. The van der Waals surface area contributed by atoms with Crippen LogP contribution in [0.4, 0.5) is 11.4 Å². The van der Waals surface area contributed by atoms with Crippen molar-refractivity contribution in [3.8, 4) is 0 Å². The number of rotatable bonds is 7. The molecule has 2 aromatic rings. The number of anilines is 2. The van der Waals surface area contributed by atoms with Gasteiger partial charge in [-0.1, -0.05) is 6.07 Å². The summed E-state index contributed by atoms with van der Waals surface area (Å²) in [5.41, 5.74) is 7.16. The first-order valence-corrected chi connectivity index (χ1v) is 7.55. The zero-order valence-electron chi connectivity index (χ0n) is 13.8. The number of likely N-dealkylation sites (N-methyl/N-ethyl adjacent to an activating group) is 1. The predicted octanol–water partition coefficient (Wildman–Crippen LogP) is 0.395. The van der Waals surface area contributed by atoms with Gasteiger partial charge < -0.3 is 21.3 Å². The van der Waals surface area contributed by atoms with E-state index in [1.165, 1.54) is 10.9 Å². The molecule has 1 aromatic carbocycles. The van der Waals surface area contributed by atoms with Gasteiger partial charge in [0.25, 0.3) is 5.91 Å². The van der Waals surface area contributed by atoms with Gasteiger partial charge in [0.15, 0.2) is 0 Å². The summed E-state index contributed by atoms with van der Waals surface area (Å²) in [4.78, 5) is 25.9. The molecule has 24 heavy (non-hydrogen) atoms. The summed E-state index contributed by atoms with van der Waals surface area (Å²) in [6, 6.07) is 6.70. The van der Waals surface area contributed by atoms with Crippen LogP contribution < -0.4 is 16.4 Å². The van der Waals surface area contributed by atoms with E-state index in [-0.39, 0.29) is 18.4 Å². The first-order valence-electron chi connectivity index (χ1n) is 7.55. The Morgan fingerprint density at radius 2 is 2.12 bits per heavy atom. The van der Waals surface area contributed by atoms with Crippen LogP contribution in [0.25, 0.3) is 0 Å². The Morgan fingerprint density at radius 1 is 1.33 bits per heavy atom. The topological polar surface area (TPSA) is 105 Å². The number of hydrogen-bond donors (Lipinski definition) is 3. The van der Waals surface area contributed by atoms with Gasteiger partial charge in [-0.3, -0.25) is 14.3 Å². The molecule has 0 aliphatic rings. The summed E-state index contributed by atoms with van der Waals surface area (Å²) in [6.07, 6.45) is 3.10. The second-order valence-corrected chi connectivity index (χ2v) is 5.66. The van der Waals surface area contributed by atoms with Crippen LogP contribution in [-0.2, 0) is 11.3 Å². The van der Waals surface area contributed by atoms with Crippen LogP contribution in [-0.4, -0.2) is 53.7 Å². The normalized spacial score (nSPS) is 10.6. The molecule has 2 rings (SSSR count). The van der Waals surface area contributed by atoms with Gasteiger partial charge in [-0.25, -0.2) is 0 Å². The van der Waals surface area contributed by atoms with Gasteiger partial charge >= 0.3 is 0 Å². The molecule has 128 valence electrons. The third-order valence-corrected chi connectivity index (χ3v) is 3.23. The number of benzene rings is 1. The number of nitrogens with zero attached hydrogens (tertiary/aromatic N) is 3. The number of carbonyl (C=O) groups is 2. The summed E-state index contributed by atoms with van der Waals surface area (Å²) in [5, 5.41) is 9.59. The first-order chi connectivity index (χ1) is 11.4. The van der Waals surface area contributed by atoms with Gasteiger partial charge in [0.2, 0.25) is 5.91 Å². The zero-order valence-corrected chi connectivity index (χ0v) is 13.8. The van der Waals surface area contributed by atoms with Gasteiger partial charge in [0, 0.05) is 30.5 Å². The molecule has 8 heteroatoms. The quantitative estimate of drug-likeness (QED) is 0.637. The molecule has 0 saturated heterocycles. The number of hydrogen-bond acceptors (Lipinski definition) is 5. The molecule has 0 saturated carbocycles. The maximum absolute atomic E-state index is 12.1. The molecule has 0 aliphatic carbocycles. The SMILES string of the molecule is CN(C)CCNC(=O)Cn1cc(NC(=O)c2cccc(N)c2)cn1. The van der Waals surface area contributed by atoms with Crippen LogP contribution in [0.3, 0.4) is 0 Å².